The Balaban J connectivity index is 1.72. The van der Waals surface area contributed by atoms with E-state index in [1.165, 1.54) is 6.07 Å². The highest BCUT2D eigenvalue weighted by Crippen LogP contribution is 2.41. The number of aryl methyl sites for hydroxylation is 2. The standard InChI is InChI=1S/C22H27N3O4/c1-12(2)23-21(27)20-16-9-15(18-6-5-7-19(26)25(18)20)10-24(11-16)22(28)17-8-13(3)29-14(17)4/h5-8,12,15-16,20H,9-11H2,1-4H3,(H,23,27)/t15-,16+,20-/m1/s1. The number of pyridine rings is 1. The summed E-state index contributed by atoms with van der Waals surface area (Å²) < 4.78 is 7.18. The van der Waals surface area contributed by atoms with Gasteiger partial charge >= 0.3 is 0 Å². The Morgan fingerprint density at radius 3 is 2.62 bits per heavy atom. The first-order chi connectivity index (χ1) is 13.8. The molecule has 154 valence electrons. The van der Waals surface area contributed by atoms with Crippen molar-refractivity contribution < 1.29 is 14.0 Å². The third-order valence-corrected chi connectivity index (χ3v) is 5.91. The molecule has 29 heavy (non-hydrogen) atoms. The summed E-state index contributed by atoms with van der Waals surface area (Å²) in [5.41, 5.74) is 1.23. The van der Waals surface area contributed by atoms with E-state index >= 15 is 0 Å². The number of piperidine rings is 1. The quantitative estimate of drug-likeness (QED) is 0.862. The van der Waals surface area contributed by atoms with Gasteiger partial charge in [-0.2, -0.15) is 0 Å². The lowest BCUT2D eigenvalue weighted by atomic mass is 9.78. The lowest BCUT2D eigenvalue weighted by molar-refractivity contribution is -0.128. The zero-order valence-corrected chi connectivity index (χ0v) is 17.3. The molecule has 1 N–H and O–H groups in total. The van der Waals surface area contributed by atoms with E-state index in [4.69, 9.17) is 4.42 Å². The number of hydrogen-bond acceptors (Lipinski definition) is 4. The summed E-state index contributed by atoms with van der Waals surface area (Å²) in [7, 11) is 0. The fraction of sp³-hybridized carbons (Fsp3) is 0.500. The van der Waals surface area contributed by atoms with Gasteiger partial charge in [0.15, 0.2) is 0 Å². The second-order valence-corrected chi connectivity index (χ2v) is 8.50. The predicted octanol–water partition coefficient (Wildman–Crippen LogP) is 2.38. The van der Waals surface area contributed by atoms with Crippen molar-refractivity contribution in [3.63, 3.8) is 0 Å². The van der Waals surface area contributed by atoms with E-state index in [1.807, 2.05) is 31.7 Å². The number of furan rings is 1. The molecule has 7 heteroatoms. The molecule has 1 fully saturated rings. The third-order valence-electron chi connectivity index (χ3n) is 5.91. The average molecular weight is 397 g/mol. The van der Waals surface area contributed by atoms with Crippen LogP contribution in [0.5, 0.6) is 0 Å². The van der Waals surface area contributed by atoms with E-state index in [9.17, 15) is 14.4 Å². The Morgan fingerprint density at radius 1 is 1.21 bits per heavy atom. The summed E-state index contributed by atoms with van der Waals surface area (Å²) in [5.74, 6) is 0.981. The van der Waals surface area contributed by atoms with Crippen molar-refractivity contribution in [2.75, 3.05) is 13.1 Å². The Bertz CT molecular complexity index is 1020. The maximum absolute atomic E-state index is 13.2. The number of fused-ring (bicyclic) bond motifs is 4. The number of nitrogens with zero attached hydrogens (tertiary/aromatic N) is 2. The first kappa shape index (κ1) is 19.5. The van der Waals surface area contributed by atoms with Crippen molar-refractivity contribution in [1.29, 1.82) is 0 Å². The molecule has 2 aromatic rings. The molecular formula is C22H27N3O4. The lowest BCUT2D eigenvalue weighted by Crippen LogP contribution is -2.55. The van der Waals surface area contributed by atoms with Gasteiger partial charge in [0, 0.05) is 42.7 Å². The molecule has 0 spiro atoms. The summed E-state index contributed by atoms with van der Waals surface area (Å²) in [6.07, 6.45) is 0.785. The largest absolute Gasteiger partial charge is 0.466 e. The highest BCUT2D eigenvalue weighted by Gasteiger charge is 2.45. The summed E-state index contributed by atoms with van der Waals surface area (Å²) in [6.45, 7) is 8.39. The molecule has 0 radical (unpaired) electrons. The van der Waals surface area contributed by atoms with E-state index in [-0.39, 0.29) is 35.3 Å². The van der Waals surface area contributed by atoms with Crippen LogP contribution in [0.1, 0.15) is 59.8 Å². The van der Waals surface area contributed by atoms with Crippen molar-refractivity contribution in [2.24, 2.45) is 5.92 Å². The van der Waals surface area contributed by atoms with Crippen LogP contribution in [0.25, 0.3) is 0 Å². The van der Waals surface area contributed by atoms with Crippen LogP contribution in [0.15, 0.2) is 33.5 Å². The van der Waals surface area contributed by atoms with E-state index < -0.39 is 6.04 Å². The van der Waals surface area contributed by atoms with E-state index in [2.05, 4.69) is 5.32 Å². The molecule has 3 atom stereocenters. The Labute approximate surface area is 169 Å². The van der Waals surface area contributed by atoms with Gasteiger partial charge in [0.2, 0.25) is 5.91 Å². The number of hydrogen-bond donors (Lipinski definition) is 1. The van der Waals surface area contributed by atoms with Gasteiger partial charge in [-0.25, -0.2) is 0 Å². The van der Waals surface area contributed by atoms with Crippen molar-refractivity contribution >= 4 is 11.8 Å². The van der Waals surface area contributed by atoms with E-state index in [0.717, 1.165) is 12.1 Å². The Morgan fingerprint density at radius 2 is 1.97 bits per heavy atom. The third kappa shape index (κ3) is 3.39. The fourth-order valence-corrected chi connectivity index (χ4v) is 4.82. The topological polar surface area (TPSA) is 84.5 Å². The van der Waals surface area contributed by atoms with Crippen LogP contribution in [0.3, 0.4) is 0 Å². The smallest absolute Gasteiger partial charge is 0.257 e. The van der Waals surface area contributed by atoms with Gasteiger partial charge in [-0.3, -0.25) is 19.0 Å². The molecular weight excluding hydrogens is 370 g/mol. The molecule has 0 aliphatic carbocycles. The zero-order valence-electron chi connectivity index (χ0n) is 17.3. The molecule has 4 rings (SSSR count). The van der Waals surface area contributed by atoms with Gasteiger partial charge in [-0.05, 0) is 46.2 Å². The van der Waals surface area contributed by atoms with Crippen LogP contribution in [0.4, 0.5) is 0 Å². The molecule has 2 aliphatic heterocycles. The second-order valence-electron chi connectivity index (χ2n) is 8.50. The molecule has 4 heterocycles. The second kappa shape index (κ2) is 7.21. The number of likely N-dealkylation sites (tertiary alicyclic amines) is 1. The van der Waals surface area contributed by atoms with Crippen molar-refractivity contribution in [3.8, 4) is 0 Å². The number of carbonyl (C=O) groups is 2. The summed E-state index contributed by atoms with van der Waals surface area (Å²) in [5, 5.41) is 2.95. The normalized spacial score (nSPS) is 23.1. The van der Waals surface area contributed by atoms with Crippen LogP contribution < -0.4 is 10.9 Å². The highest BCUT2D eigenvalue weighted by atomic mass is 16.3. The van der Waals surface area contributed by atoms with Gasteiger partial charge in [0.25, 0.3) is 11.5 Å². The van der Waals surface area contributed by atoms with Gasteiger partial charge < -0.3 is 14.6 Å². The number of nitrogens with one attached hydrogen (secondary N) is 1. The van der Waals surface area contributed by atoms with Crippen molar-refractivity contribution in [2.45, 2.75) is 52.1 Å². The maximum atomic E-state index is 13.2. The van der Waals surface area contributed by atoms with Crippen molar-refractivity contribution in [1.82, 2.24) is 14.8 Å². The summed E-state index contributed by atoms with van der Waals surface area (Å²) in [4.78, 5) is 40.7. The van der Waals surface area contributed by atoms with Crippen LogP contribution in [0, 0.1) is 19.8 Å². The van der Waals surface area contributed by atoms with Gasteiger partial charge in [0.1, 0.15) is 17.6 Å². The molecule has 2 aromatic heterocycles. The Hall–Kier alpha value is -2.83. The van der Waals surface area contributed by atoms with E-state index in [0.29, 0.717) is 30.2 Å². The summed E-state index contributed by atoms with van der Waals surface area (Å²) >= 11 is 0. The summed E-state index contributed by atoms with van der Waals surface area (Å²) in [6, 6.07) is 6.26. The molecule has 2 bridgehead atoms. The number of amides is 2. The van der Waals surface area contributed by atoms with Crippen LogP contribution in [-0.2, 0) is 4.79 Å². The minimum absolute atomic E-state index is 0.0269. The van der Waals surface area contributed by atoms with Crippen LogP contribution in [0.2, 0.25) is 0 Å². The Kier molecular flexibility index (Phi) is 4.84. The minimum Gasteiger partial charge on any atom is -0.466 e. The van der Waals surface area contributed by atoms with Crippen LogP contribution >= 0.6 is 0 Å². The van der Waals surface area contributed by atoms with Gasteiger partial charge in [-0.15, -0.1) is 0 Å². The number of rotatable bonds is 3. The first-order valence-electron chi connectivity index (χ1n) is 10.1. The van der Waals surface area contributed by atoms with Gasteiger partial charge in [0.05, 0.1) is 5.56 Å². The molecule has 0 aromatic carbocycles. The molecule has 0 saturated carbocycles. The SMILES string of the molecule is Cc1cc(C(=O)N2C[C@H]3C[C@@H](C2)[C@H](C(=O)NC(C)C)n2c3cccc2=O)c(C)o1. The molecule has 2 amide bonds. The number of aromatic nitrogens is 1. The lowest BCUT2D eigenvalue weighted by Gasteiger charge is -2.46. The van der Waals surface area contributed by atoms with Crippen molar-refractivity contribution in [3.05, 3.63) is 57.4 Å². The monoisotopic (exact) mass is 397 g/mol. The molecule has 7 nitrogen and oxygen atoms in total. The highest BCUT2D eigenvalue weighted by molar-refractivity contribution is 5.95. The maximum Gasteiger partial charge on any atom is 0.257 e. The molecule has 0 unspecified atom stereocenters. The van der Waals surface area contributed by atoms with Crippen LogP contribution in [-0.4, -0.2) is 40.4 Å². The zero-order chi connectivity index (χ0) is 20.9. The van der Waals surface area contributed by atoms with Gasteiger partial charge in [-0.1, -0.05) is 6.07 Å². The minimum atomic E-state index is -0.611. The molecule has 1 saturated heterocycles. The first-order valence-corrected chi connectivity index (χ1v) is 10.1. The predicted molar refractivity (Wildman–Crippen MR) is 108 cm³/mol. The number of carbonyl (C=O) groups excluding carboxylic acids is 2. The van der Waals surface area contributed by atoms with E-state index in [1.54, 1.807) is 23.6 Å². The average Bonchev–Trinajstić information content (AvgIpc) is 2.99. The fourth-order valence-electron chi connectivity index (χ4n) is 4.82. The molecule has 2 aliphatic rings.